The van der Waals surface area contributed by atoms with Crippen LogP contribution >= 0.6 is 11.8 Å². The van der Waals surface area contributed by atoms with Crippen LogP contribution in [0, 0.1) is 0 Å². The first-order valence-electron chi connectivity index (χ1n) is 8.32. The summed E-state index contributed by atoms with van der Waals surface area (Å²) in [6.07, 6.45) is 0. The van der Waals surface area contributed by atoms with Gasteiger partial charge >= 0.3 is 6.03 Å². The van der Waals surface area contributed by atoms with E-state index < -0.39 is 11.9 Å². The van der Waals surface area contributed by atoms with Crippen LogP contribution in [0.5, 0.6) is 5.75 Å². The monoisotopic (exact) mass is 398 g/mol. The summed E-state index contributed by atoms with van der Waals surface area (Å²) >= 11 is 1.15. The zero-order chi connectivity index (χ0) is 19.8. The Morgan fingerprint density at radius 1 is 1.11 bits per heavy atom. The smallest absolute Gasteiger partial charge is 0.325 e. The Bertz CT molecular complexity index is 930. The maximum absolute atomic E-state index is 12.0. The second-order valence-corrected chi connectivity index (χ2v) is 6.57. The Kier molecular flexibility index (Phi) is 6.58. The number of rotatable bonds is 7. The van der Waals surface area contributed by atoms with E-state index in [2.05, 4.69) is 26.2 Å². The quantitative estimate of drug-likeness (QED) is 0.587. The molecular formula is C18H18N6O3S. The highest BCUT2D eigenvalue weighted by molar-refractivity contribution is 7.99. The number of hydrogen-bond acceptors (Lipinski definition) is 7. The average Bonchev–Trinajstić information content (AvgIpc) is 3.14. The lowest BCUT2D eigenvalue weighted by Crippen LogP contribution is -2.35. The first-order valence-corrected chi connectivity index (χ1v) is 9.30. The molecule has 3 amide bonds. The highest BCUT2D eigenvalue weighted by atomic mass is 32.2. The second kappa shape index (κ2) is 9.51. The molecule has 1 heterocycles. The summed E-state index contributed by atoms with van der Waals surface area (Å²) in [6, 6.07) is 15.9. The number of carbonyl (C=O) groups is 2. The number of thioether (sulfide) groups is 1. The number of benzene rings is 2. The van der Waals surface area contributed by atoms with Crippen LogP contribution in [0.25, 0.3) is 0 Å². The molecule has 0 saturated heterocycles. The minimum atomic E-state index is -0.611. The molecule has 9 nitrogen and oxygen atoms in total. The van der Waals surface area contributed by atoms with E-state index in [0.29, 0.717) is 23.1 Å². The van der Waals surface area contributed by atoms with Gasteiger partial charge in [0.2, 0.25) is 11.1 Å². The predicted octanol–water partition coefficient (Wildman–Crippen LogP) is 2.17. The summed E-state index contributed by atoms with van der Waals surface area (Å²) in [4.78, 5) is 23.9. The standard InChI is InChI=1S/C18H18N6O3S/c1-27-15-9-7-14(8-10-15)19-17(26)20-16(25)12-28-18-21-22-23-24(18)11-13-5-3-2-4-6-13/h2-10H,11-12H2,1H3,(H2,19,20,25,26). The van der Waals surface area contributed by atoms with Crippen molar-refractivity contribution in [2.75, 3.05) is 18.2 Å². The van der Waals surface area contributed by atoms with Gasteiger partial charge in [-0.15, -0.1) is 5.10 Å². The number of nitrogens with zero attached hydrogens (tertiary/aromatic N) is 4. The summed E-state index contributed by atoms with van der Waals surface area (Å²) in [5.74, 6) is 0.225. The first kappa shape index (κ1) is 19.4. The zero-order valence-electron chi connectivity index (χ0n) is 15.0. The lowest BCUT2D eigenvalue weighted by Gasteiger charge is -2.07. The Morgan fingerprint density at radius 3 is 2.57 bits per heavy atom. The van der Waals surface area contributed by atoms with Gasteiger partial charge in [0, 0.05) is 5.69 Å². The Morgan fingerprint density at radius 2 is 1.86 bits per heavy atom. The zero-order valence-corrected chi connectivity index (χ0v) is 15.8. The molecule has 2 aromatic carbocycles. The van der Waals surface area contributed by atoms with Crippen molar-refractivity contribution < 1.29 is 14.3 Å². The number of urea groups is 1. The maximum Gasteiger partial charge on any atom is 0.325 e. The maximum atomic E-state index is 12.0. The van der Waals surface area contributed by atoms with Gasteiger partial charge in [0.05, 0.1) is 19.4 Å². The van der Waals surface area contributed by atoms with Gasteiger partial charge in [0.25, 0.3) is 0 Å². The van der Waals surface area contributed by atoms with Crippen molar-refractivity contribution in [2.24, 2.45) is 0 Å². The number of anilines is 1. The van der Waals surface area contributed by atoms with E-state index >= 15 is 0 Å². The summed E-state index contributed by atoms with van der Waals surface area (Å²) in [5, 5.41) is 16.8. The number of aromatic nitrogens is 4. The first-order chi connectivity index (χ1) is 13.6. The molecule has 0 spiro atoms. The number of methoxy groups -OCH3 is 1. The van der Waals surface area contributed by atoms with E-state index in [9.17, 15) is 9.59 Å². The van der Waals surface area contributed by atoms with Crippen molar-refractivity contribution in [3.8, 4) is 5.75 Å². The van der Waals surface area contributed by atoms with Crippen molar-refractivity contribution in [1.82, 2.24) is 25.5 Å². The molecule has 2 N–H and O–H groups in total. The molecule has 3 aromatic rings. The number of imide groups is 1. The summed E-state index contributed by atoms with van der Waals surface area (Å²) in [6.45, 7) is 0.496. The van der Waals surface area contributed by atoms with Gasteiger partial charge in [0.1, 0.15) is 5.75 Å². The van der Waals surface area contributed by atoms with Crippen molar-refractivity contribution in [3.05, 3.63) is 60.2 Å². The van der Waals surface area contributed by atoms with Crippen LogP contribution in [0.3, 0.4) is 0 Å². The molecule has 3 rings (SSSR count). The molecule has 1 aromatic heterocycles. The van der Waals surface area contributed by atoms with Gasteiger partial charge in [0.15, 0.2) is 0 Å². The molecule has 0 fully saturated rings. The van der Waals surface area contributed by atoms with Gasteiger partial charge in [-0.05, 0) is 40.3 Å². The van der Waals surface area contributed by atoms with Crippen LogP contribution < -0.4 is 15.4 Å². The predicted molar refractivity (Wildman–Crippen MR) is 104 cm³/mol. The number of ether oxygens (including phenoxy) is 1. The molecule has 0 bridgehead atoms. The summed E-state index contributed by atoms with van der Waals surface area (Å²) in [7, 11) is 1.56. The SMILES string of the molecule is COc1ccc(NC(=O)NC(=O)CSc2nnnn2Cc2ccccc2)cc1. The molecular weight excluding hydrogens is 380 g/mol. The fourth-order valence-corrected chi connectivity index (χ4v) is 2.96. The fourth-order valence-electron chi connectivity index (χ4n) is 2.28. The van der Waals surface area contributed by atoms with Gasteiger partial charge in [-0.1, -0.05) is 42.1 Å². The minimum absolute atomic E-state index is 0.00515. The lowest BCUT2D eigenvalue weighted by molar-refractivity contribution is -0.117. The van der Waals surface area contributed by atoms with Gasteiger partial charge in [-0.2, -0.15) is 0 Å². The topological polar surface area (TPSA) is 111 Å². The second-order valence-electron chi connectivity index (χ2n) is 5.62. The molecule has 0 radical (unpaired) electrons. The highest BCUT2D eigenvalue weighted by Gasteiger charge is 2.13. The van der Waals surface area contributed by atoms with Crippen LogP contribution in [0.15, 0.2) is 59.8 Å². The number of hydrogen-bond donors (Lipinski definition) is 2. The van der Waals surface area contributed by atoms with Gasteiger partial charge in [-0.25, -0.2) is 9.48 Å². The molecule has 0 saturated carbocycles. The van der Waals surface area contributed by atoms with E-state index in [1.54, 1.807) is 36.1 Å². The number of carbonyl (C=O) groups excluding carboxylic acids is 2. The van der Waals surface area contributed by atoms with Crippen LogP contribution in [0.1, 0.15) is 5.56 Å². The average molecular weight is 398 g/mol. The van der Waals surface area contributed by atoms with Crippen molar-refractivity contribution in [1.29, 1.82) is 0 Å². The Hall–Kier alpha value is -3.40. The van der Waals surface area contributed by atoms with E-state index in [0.717, 1.165) is 17.3 Å². The van der Waals surface area contributed by atoms with E-state index in [1.807, 2.05) is 30.3 Å². The molecule has 0 atom stereocenters. The van der Waals surface area contributed by atoms with Crippen LogP contribution in [-0.4, -0.2) is 45.0 Å². The van der Waals surface area contributed by atoms with Gasteiger partial charge < -0.3 is 10.1 Å². The van der Waals surface area contributed by atoms with Crippen LogP contribution in [0.2, 0.25) is 0 Å². The van der Waals surface area contributed by atoms with E-state index in [-0.39, 0.29) is 5.75 Å². The molecule has 144 valence electrons. The molecule has 0 aliphatic rings. The Labute approximate surface area is 165 Å². The third-order valence-corrected chi connectivity index (χ3v) is 4.56. The number of tetrazole rings is 1. The van der Waals surface area contributed by atoms with Crippen molar-refractivity contribution >= 4 is 29.4 Å². The molecule has 0 unspecified atom stereocenters. The number of amides is 3. The van der Waals surface area contributed by atoms with Crippen molar-refractivity contribution in [3.63, 3.8) is 0 Å². The third-order valence-electron chi connectivity index (χ3n) is 3.61. The normalized spacial score (nSPS) is 10.3. The largest absolute Gasteiger partial charge is 0.497 e. The number of nitrogens with one attached hydrogen (secondary N) is 2. The molecule has 28 heavy (non-hydrogen) atoms. The summed E-state index contributed by atoms with van der Waals surface area (Å²) in [5.41, 5.74) is 1.59. The van der Waals surface area contributed by atoms with Crippen molar-refractivity contribution in [2.45, 2.75) is 11.7 Å². The summed E-state index contributed by atoms with van der Waals surface area (Å²) < 4.78 is 6.65. The Balaban J connectivity index is 1.47. The third kappa shape index (κ3) is 5.55. The fraction of sp³-hybridized carbons (Fsp3) is 0.167. The van der Waals surface area contributed by atoms with E-state index in [4.69, 9.17) is 4.74 Å². The highest BCUT2D eigenvalue weighted by Crippen LogP contribution is 2.16. The lowest BCUT2D eigenvalue weighted by atomic mass is 10.2. The van der Waals surface area contributed by atoms with Crippen LogP contribution in [-0.2, 0) is 11.3 Å². The van der Waals surface area contributed by atoms with Gasteiger partial charge in [-0.3, -0.25) is 10.1 Å². The molecule has 10 heteroatoms. The molecule has 0 aliphatic carbocycles. The minimum Gasteiger partial charge on any atom is -0.497 e. The van der Waals surface area contributed by atoms with Crippen LogP contribution in [0.4, 0.5) is 10.5 Å². The van der Waals surface area contributed by atoms with E-state index in [1.165, 1.54) is 0 Å². The molecule has 0 aliphatic heterocycles.